The zero-order valence-corrected chi connectivity index (χ0v) is 25.5. The molecular weight excluding hydrogens is 542 g/mol. The van der Waals surface area contributed by atoms with E-state index in [2.05, 4.69) is 5.32 Å². The van der Waals surface area contributed by atoms with Crippen LogP contribution in [0.25, 0.3) is 0 Å². The van der Waals surface area contributed by atoms with E-state index in [-0.39, 0.29) is 23.3 Å². The number of nitrogens with one attached hydrogen (secondary N) is 1. The molecule has 214 valence electrons. The summed E-state index contributed by atoms with van der Waals surface area (Å²) in [5.74, 6) is -0.461. The second-order valence-electron chi connectivity index (χ2n) is 10.1. The van der Waals surface area contributed by atoms with Crippen LogP contribution in [-0.2, 0) is 26.2 Å². The molecule has 0 saturated carbocycles. The Labute approximate surface area is 243 Å². The fourth-order valence-electron chi connectivity index (χ4n) is 4.24. The van der Waals surface area contributed by atoms with Gasteiger partial charge in [0.05, 0.1) is 10.6 Å². The number of carbonyl (C=O) groups is 2. The average Bonchev–Trinajstić information content (AvgIpc) is 2.95. The minimum atomic E-state index is -4.09. The van der Waals surface area contributed by atoms with Crippen molar-refractivity contribution in [3.05, 3.63) is 90.0 Å². The molecule has 3 aromatic rings. The Hall–Kier alpha value is -3.30. The Morgan fingerprint density at radius 2 is 1.55 bits per heavy atom. The molecule has 3 rings (SSSR count). The summed E-state index contributed by atoms with van der Waals surface area (Å²) in [6.07, 6.45) is 2.31. The highest BCUT2D eigenvalue weighted by molar-refractivity contribution is 7.98. The van der Waals surface area contributed by atoms with Gasteiger partial charge in [0.2, 0.25) is 11.8 Å². The first kappa shape index (κ1) is 31.2. The van der Waals surface area contributed by atoms with Crippen LogP contribution in [0, 0.1) is 12.8 Å². The SMILES string of the molecule is CC[C@@H](C(=O)NCC(C)C)N(Cc1ccccc1)C(=O)CN(c1ccc(C)cc1)S(=O)(=O)c1ccc(SC)cc1. The van der Waals surface area contributed by atoms with Crippen LogP contribution < -0.4 is 9.62 Å². The van der Waals surface area contributed by atoms with Crippen LogP contribution in [0.5, 0.6) is 0 Å². The van der Waals surface area contributed by atoms with Gasteiger partial charge in [-0.1, -0.05) is 68.8 Å². The zero-order chi connectivity index (χ0) is 29.3. The maximum absolute atomic E-state index is 14.1. The Balaban J connectivity index is 2.02. The normalized spacial score (nSPS) is 12.2. The molecule has 0 spiro atoms. The van der Waals surface area contributed by atoms with Gasteiger partial charge in [-0.25, -0.2) is 8.42 Å². The second-order valence-corrected chi connectivity index (χ2v) is 12.8. The lowest BCUT2D eigenvalue weighted by Crippen LogP contribution is -2.52. The van der Waals surface area contributed by atoms with E-state index in [4.69, 9.17) is 0 Å². The number of hydrogen-bond donors (Lipinski definition) is 1. The molecule has 0 fully saturated rings. The molecule has 3 aromatic carbocycles. The highest BCUT2D eigenvalue weighted by atomic mass is 32.2. The van der Waals surface area contributed by atoms with Crippen molar-refractivity contribution < 1.29 is 18.0 Å². The van der Waals surface area contributed by atoms with Crippen molar-refractivity contribution in [3.8, 4) is 0 Å². The molecule has 0 unspecified atom stereocenters. The maximum Gasteiger partial charge on any atom is 0.264 e. The summed E-state index contributed by atoms with van der Waals surface area (Å²) < 4.78 is 29.0. The Morgan fingerprint density at radius 1 is 0.925 bits per heavy atom. The lowest BCUT2D eigenvalue weighted by Gasteiger charge is -2.33. The first-order chi connectivity index (χ1) is 19.1. The van der Waals surface area contributed by atoms with E-state index in [9.17, 15) is 18.0 Å². The van der Waals surface area contributed by atoms with E-state index in [1.54, 1.807) is 36.4 Å². The molecule has 1 atom stereocenters. The largest absolute Gasteiger partial charge is 0.354 e. The van der Waals surface area contributed by atoms with Crippen molar-refractivity contribution in [2.45, 2.75) is 56.5 Å². The first-order valence-electron chi connectivity index (χ1n) is 13.4. The number of carbonyl (C=O) groups excluding carboxylic acids is 2. The number of nitrogens with zero attached hydrogens (tertiary/aromatic N) is 2. The molecule has 0 bridgehead atoms. The van der Waals surface area contributed by atoms with Gasteiger partial charge in [-0.2, -0.15) is 0 Å². The molecule has 7 nitrogen and oxygen atoms in total. The number of amides is 2. The molecule has 0 aliphatic carbocycles. The van der Waals surface area contributed by atoms with Gasteiger partial charge < -0.3 is 10.2 Å². The zero-order valence-electron chi connectivity index (χ0n) is 23.8. The molecular formula is C31H39N3O4S2. The van der Waals surface area contributed by atoms with Crippen LogP contribution in [0.15, 0.2) is 88.7 Å². The number of thioether (sulfide) groups is 1. The van der Waals surface area contributed by atoms with Crippen LogP contribution in [0.3, 0.4) is 0 Å². The standard InChI is InChI=1S/C31H39N3O4S2/c1-6-29(31(36)32-20-23(2)3)33(21-25-10-8-7-9-11-25)30(35)22-34(26-14-12-24(4)13-15-26)40(37,38)28-18-16-27(39-5)17-19-28/h7-19,23,29H,6,20-22H2,1-5H3,(H,32,36)/t29-/m0/s1. The van der Waals surface area contributed by atoms with Crippen molar-refractivity contribution in [3.63, 3.8) is 0 Å². The second kappa shape index (κ2) is 14.4. The fraction of sp³-hybridized carbons (Fsp3) is 0.355. The van der Waals surface area contributed by atoms with Crippen LogP contribution in [0.4, 0.5) is 5.69 Å². The average molecular weight is 582 g/mol. The van der Waals surface area contributed by atoms with Gasteiger partial charge in [0.1, 0.15) is 12.6 Å². The topological polar surface area (TPSA) is 86.8 Å². The van der Waals surface area contributed by atoms with Crippen LogP contribution >= 0.6 is 11.8 Å². The Morgan fingerprint density at radius 3 is 2.10 bits per heavy atom. The van der Waals surface area contributed by atoms with E-state index in [0.29, 0.717) is 18.7 Å². The monoisotopic (exact) mass is 581 g/mol. The minimum absolute atomic E-state index is 0.0926. The molecule has 1 N–H and O–H groups in total. The summed E-state index contributed by atoms with van der Waals surface area (Å²) in [6.45, 7) is 7.99. The van der Waals surface area contributed by atoms with Crippen LogP contribution in [0.1, 0.15) is 38.3 Å². The molecule has 0 aliphatic heterocycles. The number of aryl methyl sites for hydroxylation is 1. The predicted molar refractivity (Wildman–Crippen MR) is 163 cm³/mol. The predicted octanol–water partition coefficient (Wildman–Crippen LogP) is 5.49. The molecule has 9 heteroatoms. The molecule has 0 saturated heterocycles. The summed E-state index contributed by atoms with van der Waals surface area (Å²) in [4.78, 5) is 29.8. The van der Waals surface area contributed by atoms with E-state index >= 15 is 0 Å². The van der Waals surface area contributed by atoms with Crippen molar-refractivity contribution in [2.75, 3.05) is 23.7 Å². The summed E-state index contributed by atoms with van der Waals surface area (Å²) in [5, 5.41) is 2.95. The lowest BCUT2D eigenvalue weighted by molar-refractivity contribution is -0.140. The number of anilines is 1. The van der Waals surface area contributed by atoms with Gasteiger partial charge in [-0.15, -0.1) is 11.8 Å². The van der Waals surface area contributed by atoms with Crippen LogP contribution in [0.2, 0.25) is 0 Å². The van der Waals surface area contributed by atoms with Gasteiger partial charge in [0.15, 0.2) is 0 Å². The number of rotatable bonds is 13. The van der Waals surface area contributed by atoms with E-state index < -0.39 is 28.5 Å². The molecule has 2 amide bonds. The van der Waals surface area contributed by atoms with Gasteiger partial charge in [-0.05, 0) is 67.5 Å². The highest BCUT2D eigenvalue weighted by Gasteiger charge is 2.33. The quantitative estimate of drug-likeness (QED) is 0.270. The smallest absolute Gasteiger partial charge is 0.264 e. The third-order valence-electron chi connectivity index (χ3n) is 6.51. The maximum atomic E-state index is 14.1. The first-order valence-corrected chi connectivity index (χ1v) is 16.1. The molecule has 0 aromatic heterocycles. The number of benzene rings is 3. The number of hydrogen-bond acceptors (Lipinski definition) is 5. The summed E-state index contributed by atoms with van der Waals surface area (Å²) >= 11 is 1.52. The molecule has 40 heavy (non-hydrogen) atoms. The number of sulfonamides is 1. The van der Waals surface area contributed by atoms with Crippen LogP contribution in [-0.4, -0.2) is 50.5 Å². The van der Waals surface area contributed by atoms with E-state index in [0.717, 1.165) is 20.3 Å². The van der Waals surface area contributed by atoms with Crippen molar-refractivity contribution >= 4 is 39.3 Å². The highest BCUT2D eigenvalue weighted by Crippen LogP contribution is 2.26. The van der Waals surface area contributed by atoms with E-state index in [1.807, 2.05) is 76.4 Å². The van der Waals surface area contributed by atoms with Crippen molar-refractivity contribution in [1.29, 1.82) is 0 Å². The van der Waals surface area contributed by atoms with Crippen molar-refractivity contribution in [2.24, 2.45) is 5.92 Å². The summed E-state index contributed by atoms with van der Waals surface area (Å²) in [5.41, 5.74) is 2.20. The lowest BCUT2D eigenvalue weighted by atomic mass is 10.1. The molecule has 0 radical (unpaired) electrons. The van der Waals surface area contributed by atoms with Gasteiger partial charge in [0, 0.05) is 18.0 Å². The van der Waals surface area contributed by atoms with Gasteiger partial charge in [0.25, 0.3) is 10.0 Å². The van der Waals surface area contributed by atoms with Gasteiger partial charge >= 0.3 is 0 Å². The summed E-state index contributed by atoms with van der Waals surface area (Å²) in [6, 6.07) is 22.3. The summed E-state index contributed by atoms with van der Waals surface area (Å²) in [7, 11) is -4.09. The van der Waals surface area contributed by atoms with Crippen molar-refractivity contribution in [1.82, 2.24) is 10.2 Å². The molecule has 0 heterocycles. The third-order valence-corrected chi connectivity index (χ3v) is 9.05. The fourth-order valence-corrected chi connectivity index (χ4v) is 6.06. The minimum Gasteiger partial charge on any atom is -0.354 e. The Bertz CT molecular complexity index is 1360. The van der Waals surface area contributed by atoms with Gasteiger partial charge in [-0.3, -0.25) is 13.9 Å². The van der Waals surface area contributed by atoms with E-state index in [1.165, 1.54) is 16.7 Å². The molecule has 0 aliphatic rings. The Kier molecular flexibility index (Phi) is 11.2. The third kappa shape index (κ3) is 8.11.